The molecule has 0 bridgehead atoms. The Bertz CT molecular complexity index is 628. The van der Waals surface area contributed by atoms with Crippen LogP contribution in [0.3, 0.4) is 0 Å². The first-order valence-corrected chi connectivity index (χ1v) is 8.00. The number of carbonyl (C=O) groups is 1. The van der Waals surface area contributed by atoms with Crippen molar-refractivity contribution in [3.63, 3.8) is 0 Å². The number of amides is 1. The molecule has 2 rings (SSSR count). The van der Waals surface area contributed by atoms with Crippen LogP contribution in [0.25, 0.3) is 0 Å². The third-order valence-electron chi connectivity index (χ3n) is 3.34. The molecule has 2 aromatic rings. The van der Waals surface area contributed by atoms with Crippen molar-refractivity contribution in [1.82, 2.24) is 14.9 Å². The first-order chi connectivity index (χ1) is 9.91. The van der Waals surface area contributed by atoms with E-state index in [1.807, 2.05) is 38.3 Å². The Morgan fingerprint density at radius 3 is 2.67 bits per heavy atom. The standard InChI is InChI=1S/C15H18ClN3OS/c1-9(2)14-17-8-11(16)13(18-14)15(20)19(4)10(3)12-6-5-7-21-12/h5-10H,1-4H3. The fourth-order valence-electron chi connectivity index (χ4n) is 1.87. The predicted molar refractivity (Wildman–Crippen MR) is 86.0 cm³/mol. The highest BCUT2D eigenvalue weighted by Crippen LogP contribution is 2.26. The number of carbonyl (C=O) groups excluding carboxylic acids is 1. The number of thiophene rings is 1. The fourth-order valence-corrected chi connectivity index (χ4v) is 2.87. The van der Waals surface area contributed by atoms with Gasteiger partial charge in [0.2, 0.25) is 0 Å². The Hall–Kier alpha value is -1.46. The molecule has 0 radical (unpaired) electrons. The summed E-state index contributed by atoms with van der Waals surface area (Å²) in [5.41, 5.74) is 0.265. The lowest BCUT2D eigenvalue weighted by molar-refractivity contribution is 0.0738. The lowest BCUT2D eigenvalue weighted by atomic mass is 10.2. The topological polar surface area (TPSA) is 46.1 Å². The van der Waals surface area contributed by atoms with Gasteiger partial charge in [-0.2, -0.15) is 0 Å². The van der Waals surface area contributed by atoms with Crippen LogP contribution in [-0.4, -0.2) is 27.8 Å². The molecule has 0 aliphatic heterocycles. The molecule has 2 aromatic heterocycles. The Morgan fingerprint density at radius 1 is 1.38 bits per heavy atom. The van der Waals surface area contributed by atoms with Crippen molar-refractivity contribution in [1.29, 1.82) is 0 Å². The van der Waals surface area contributed by atoms with E-state index >= 15 is 0 Å². The van der Waals surface area contributed by atoms with Gasteiger partial charge < -0.3 is 4.90 Å². The van der Waals surface area contributed by atoms with Crippen molar-refractivity contribution in [2.24, 2.45) is 0 Å². The monoisotopic (exact) mass is 323 g/mol. The Morgan fingerprint density at radius 2 is 2.10 bits per heavy atom. The van der Waals surface area contributed by atoms with Gasteiger partial charge in [0, 0.05) is 17.8 Å². The molecular formula is C15H18ClN3OS. The summed E-state index contributed by atoms with van der Waals surface area (Å²) < 4.78 is 0. The van der Waals surface area contributed by atoms with Gasteiger partial charge in [-0.3, -0.25) is 4.79 Å². The highest BCUT2D eigenvalue weighted by Gasteiger charge is 2.23. The average molecular weight is 324 g/mol. The van der Waals surface area contributed by atoms with Gasteiger partial charge in [-0.05, 0) is 18.4 Å². The molecule has 0 spiro atoms. The second kappa shape index (κ2) is 6.54. The van der Waals surface area contributed by atoms with Crippen molar-refractivity contribution >= 4 is 28.8 Å². The van der Waals surface area contributed by atoms with Gasteiger partial charge >= 0.3 is 0 Å². The number of nitrogens with zero attached hydrogens (tertiary/aromatic N) is 3. The molecule has 4 nitrogen and oxygen atoms in total. The van der Waals surface area contributed by atoms with Gasteiger partial charge in [0.25, 0.3) is 5.91 Å². The van der Waals surface area contributed by atoms with Gasteiger partial charge in [-0.15, -0.1) is 11.3 Å². The van der Waals surface area contributed by atoms with Crippen molar-refractivity contribution in [3.05, 3.63) is 45.1 Å². The predicted octanol–water partition coefficient (Wildman–Crippen LogP) is 4.15. The smallest absolute Gasteiger partial charge is 0.274 e. The molecule has 0 saturated carbocycles. The summed E-state index contributed by atoms with van der Waals surface area (Å²) in [5, 5.41) is 2.29. The molecule has 1 unspecified atom stereocenters. The molecular weight excluding hydrogens is 306 g/mol. The molecule has 1 atom stereocenters. The van der Waals surface area contributed by atoms with Crippen molar-refractivity contribution in [3.8, 4) is 0 Å². The van der Waals surface area contributed by atoms with Gasteiger partial charge in [0.1, 0.15) is 5.82 Å². The highest BCUT2D eigenvalue weighted by molar-refractivity contribution is 7.10. The maximum atomic E-state index is 12.6. The minimum Gasteiger partial charge on any atom is -0.333 e. The number of hydrogen-bond donors (Lipinski definition) is 0. The minimum absolute atomic E-state index is 0.0222. The average Bonchev–Trinajstić information content (AvgIpc) is 2.99. The van der Waals surface area contributed by atoms with Crippen LogP contribution in [0.4, 0.5) is 0 Å². The minimum atomic E-state index is -0.190. The summed E-state index contributed by atoms with van der Waals surface area (Å²) in [6, 6.07) is 3.97. The molecule has 0 fully saturated rings. The van der Waals surface area contributed by atoms with E-state index in [1.165, 1.54) is 6.20 Å². The van der Waals surface area contributed by atoms with E-state index in [4.69, 9.17) is 11.6 Å². The van der Waals surface area contributed by atoms with E-state index in [0.29, 0.717) is 5.82 Å². The van der Waals surface area contributed by atoms with E-state index in [1.54, 1.807) is 23.3 Å². The summed E-state index contributed by atoms with van der Waals surface area (Å²) in [4.78, 5) is 23.9. The normalized spacial score (nSPS) is 12.5. The van der Waals surface area contributed by atoms with E-state index in [9.17, 15) is 4.79 Å². The van der Waals surface area contributed by atoms with Crippen LogP contribution in [0.15, 0.2) is 23.7 Å². The molecule has 112 valence electrons. The Kier molecular flexibility index (Phi) is 4.96. The number of aromatic nitrogens is 2. The van der Waals surface area contributed by atoms with E-state index < -0.39 is 0 Å². The third kappa shape index (κ3) is 3.41. The maximum absolute atomic E-state index is 12.6. The molecule has 6 heteroatoms. The van der Waals surface area contributed by atoms with E-state index in [2.05, 4.69) is 9.97 Å². The van der Waals surface area contributed by atoms with Crippen LogP contribution in [0, 0.1) is 0 Å². The fraction of sp³-hybridized carbons (Fsp3) is 0.400. The van der Waals surface area contributed by atoms with Gasteiger partial charge in [-0.1, -0.05) is 31.5 Å². The first kappa shape index (κ1) is 15.9. The van der Waals surface area contributed by atoms with Crippen LogP contribution in [-0.2, 0) is 0 Å². The van der Waals surface area contributed by atoms with Crippen LogP contribution in [0.5, 0.6) is 0 Å². The van der Waals surface area contributed by atoms with E-state index in [0.717, 1.165) is 4.88 Å². The number of rotatable bonds is 4. The molecule has 1 amide bonds. The van der Waals surface area contributed by atoms with Gasteiger partial charge in [-0.25, -0.2) is 9.97 Å². The lowest BCUT2D eigenvalue weighted by Gasteiger charge is -2.24. The summed E-state index contributed by atoms with van der Waals surface area (Å²) in [6.07, 6.45) is 1.50. The van der Waals surface area contributed by atoms with Crippen molar-refractivity contribution < 1.29 is 4.79 Å². The lowest BCUT2D eigenvalue weighted by Crippen LogP contribution is -2.30. The van der Waals surface area contributed by atoms with Gasteiger partial charge in [0.15, 0.2) is 5.69 Å². The van der Waals surface area contributed by atoms with Gasteiger partial charge in [0.05, 0.1) is 17.3 Å². The summed E-state index contributed by atoms with van der Waals surface area (Å²) >= 11 is 7.72. The van der Waals surface area contributed by atoms with Crippen LogP contribution in [0.1, 0.15) is 53.9 Å². The molecule has 0 aliphatic carbocycles. The summed E-state index contributed by atoms with van der Waals surface area (Å²) in [7, 11) is 1.76. The van der Waals surface area contributed by atoms with Crippen molar-refractivity contribution in [2.45, 2.75) is 32.7 Å². The maximum Gasteiger partial charge on any atom is 0.274 e. The first-order valence-electron chi connectivity index (χ1n) is 6.74. The summed E-state index contributed by atoms with van der Waals surface area (Å²) in [6.45, 7) is 5.95. The SMILES string of the molecule is CC(C)c1ncc(Cl)c(C(=O)N(C)C(C)c2cccs2)n1. The molecule has 0 N–H and O–H groups in total. The Balaban J connectivity index is 2.29. The summed E-state index contributed by atoms with van der Waals surface area (Å²) in [5.74, 6) is 0.582. The second-order valence-electron chi connectivity index (χ2n) is 5.19. The zero-order valence-corrected chi connectivity index (χ0v) is 14.1. The highest BCUT2D eigenvalue weighted by atomic mass is 35.5. The van der Waals surface area contributed by atoms with Crippen LogP contribution < -0.4 is 0 Å². The largest absolute Gasteiger partial charge is 0.333 e. The zero-order chi connectivity index (χ0) is 15.6. The number of hydrogen-bond acceptors (Lipinski definition) is 4. The molecule has 0 saturated heterocycles. The molecule has 0 aliphatic rings. The molecule has 2 heterocycles. The Labute approximate surface area is 133 Å². The second-order valence-corrected chi connectivity index (χ2v) is 6.57. The third-order valence-corrected chi connectivity index (χ3v) is 4.66. The van der Waals surface area contributed by atoms with Crippen molar-refractivity contribution in [2.75, 3.05) is 7.05 Å². The van der Waals surface area contributed by atoms with E-state index in [-0.39, 0.29) is 28.6 Å². The number of halogens is 1. The molecule has 0 aromatic carbocycles. The molecule has 21 heavy (non-hydrogen) atoms. The van der Waals surface area contributed by atoms with Crippen LogP contribution in [0.2, 0.25) is 5.02 Å². The quantitative estimate of drug-likeness (QED) is 0.849. The van der Waals surface area contributed by atoms with Crippen LogP contribution >= 0.6 is 22.9 Å². The zero-order valence-electron chi connectivity index (χ0n) is 12.5.